The third-order valence-corrected chi connectivity index (χ3v) is 13.2. The van der Waals surface area contributed by atoms with Gasteiger partial charge in [0.2, 0.25) is 0 Å². The highest BCUT2D eigenvalue weighted by atomic mass is 32.2. The lowest BCUT2D eigenvalue weighted by molar-refractivity contribution is 0.669. The van der Waals surface area contributed by atoms with Gasteiger partial charge >= 0.3 is 0 Å². The molecule has 0 aliphatic carbocycles. The van der Waals surface area contributed by atoms with Crippen LogP contribution in [0.2, 0.25) is 0 Å². The van der Waals surface area contributed by atoms with Crippen molar-refractivity contribution in [1.82, 2.24) is 4.57 Å². The van der Waals surface area contributed by atoms with E-state index in [-0.39, 0.29) is 0 Å². The van der Waals surface area contributed by atoms with E-state index in [1.807, 2.05) is 23.5 Å². The number of nitrogens with zero attached hydrogens (tertiary/aromatic N) is 1. The molecule has 0 fully saturated rings. The van der Waals surface area contributed by atoms with Crippen molar-refractivity contribution in [2.24, 2.45) is 0 Å². The number of benzene rings is 8. The third kappa shape index (κ3) is 4.27. The zero-order valence-corrected chi connectivity index (χ0v) is 29.8. The molecule has 52 heavy (non-hydrogen) atoms. The Morgan fingerprint density at radius 3 is 1.73 bits per heavy atom. The topological polar surface area (TPSA) is 4.93 Å². The normalized spacial score (nSPS) is 15.6. The fraction of sp³-hybridized carbons (Fsp3) is 0.0204. The summed E-state index contributed by atoms with van der Waals surface area (Å²) < 4.78 is 2.39. The second kappa shape index (κ2) is 11.6. The molecule has 244 valence electrons. The minimum Gasteiger partial charge on any atom is -0.309 e. The lowest BCUT2D eigenvalue weighted by atomic mass is 9.62. The largest absolute Gasteiger partial charge is 0.309 e. The van der Waals surface area contributed by atoms with Crippen LogP contribution < -0.4 is 0 Å². The Morgan fingerprint density at radius 1 is 0.365 bits per heavy atom. The monoisotopic (exact) mass is 697 g/mol. The van der Waals surface area contributed by atoms with Crippen molar-refractivity contribution in [1.29, 1.82) is 0 Å². The van der Waals surface area contributed by atoms with Gasteiger partial charge in [-0.15, -0.1) is 0 Å². The Kier molecular flexibility index (Phi) is 6.70. The van der Waals surface area contributed by atoms with Crippen LogP contribution in [-0.2, 0) is 5.41 Å². The molecule has 8 aromatic carbocycles. The smallest absolute Gasteiger partial charge is 0.0751 e. The van der Waals surface area contributed by atoms with Gasteiger partial charge in [-0.3, -0.25) is 0 Å². The number of hydrogen-bond acceptors (Lipinski definition) is 2. The molecule has 11 rings (SSSR count). The molecule has 0 amide bonds. The summed E-state index contributed by atoms with van der Waals surface area (Å²) in [5.41, 5.74) is 13.5. The number of aromatic nitrogens is 1. The zero-order valence-electron chi connectivity index (χ0n) is 28.2. The standard InChI is InChI=1S/C49H31NS2/c1-3-14-32(15-4-1)36-19-13-25-47-48(36)49(40-21-9-12-24-45(40)52-47)39-20-8-11-23-44(39)51-46-29-27-34(31-41(46)49)33-26-28-43-38(30-33)37-18-7-10-22-42(37)50(43)35-16-5-2-6-17-35/h1-31H. The van der Waals surface area contributed by atoms with Gasteiger partial charge in [0.05, 0.1) is 16.4 Å². The van der Waals surface area contributed by atoms with E-state index in [1.165, 1.54) is 91.6 Å². The molecule has 2 aliphatic heterocycles. The van der Waals surface area contributed by atoms with E-state index < -0.39 is 5.41 Å². The Morgan fingerprint density at radius 2 is 0.942 bits per heavy atom. The van der Waals surface area contributed by atoms with Crippen LogP contribution in [0.25, 0.3) is 49.7 Å². The molecule has 2 aliphatic rings. The molecule has 0 saturated carbocycles. The van der Waals surface area contributed by atoms with Crippen LogP contribution in [0, 0.1) is 0 Å². The van der Waals surface area contributed by atoms with E-state index >= 15 is 0 Å². The third-order valence-electron chi connectivity index (χ3n) is 10.9. The van der Waals surface area contributed by atoms with Gasteiger partial charge in [-0.2, -0.15) is 0 Å². The van der Waals surface area contributed by atoms with Gasteiger partial charge in [0.15, 0.2) is 0 Å². The van der Waals surface area contributed by atoms with Crippen molar-refractivity contribution >= 4 is 45.3 Å². The van der Waals surface area contributed by atoms with Crippen molar-refractivity contribution in [2.75, 3.05) is 0 Å². The molecule has 9 aromatic rings. The molecule has 0 saturated heterocycles. The van der Waals surface area contributed by atoms with Crippen molar-refractivity contribution in [3.8, 4) is 27.9 Å². The first-order valence-corrected chi connectivity index (χ1v) is 19.4. The van der Waals surface area contributed by atoms with Crippen LogP contribution in [-0.4, -0.2) is 4.57 Å². The fourth-order valence-electron chi connectivity index (χ4n) is 8.77. The summed E-state index contributed by atoms with van der Waals surface area (Å²) >= 11 is 3.80. The number of rotatable bonds is 3. The summed E-state index contributed by atoms with van der Waals surface area (Å²) in [4.78, 5) is 5.25. The molecule has 0 radical (unpaired) electrons. The molecular formula is C49H31NS2. The van der Waals surface area contributed by atoms with Crippen LogP contribution in [0.15, 0.2) is 208 Å². The average Bonchev–Trinajstić information content (AvgIpc) is 3.55. The molecule has 3 heterocycles. The number of fused-ring (bicyclic) bond motifs is 11. The molecule has 3 heteroatoms. The van der Waals surface area contributed by atoms with E-state index in [1.54, 1.807) is 0 Å². The van der Waals surface area contributed by atoms with Crippen molar-refractivity contribution in [3.63, 3.8) is 0 Å². The highest BCUT2D eigenvalue weighted by molar-refractivity contribution is 8.00. The molecule has 1 aromatic heterocycles. The maximum absolute atomic E-state index is 2.51. The Balaban J connectivity index is 1.21. The number of para-hydroxylation sites is 2. The minimum atomic E-state index is -0.510. The molecule has 1 spiro atoms. The highest BCUT2D eigenvalue weighted by Crippen LogP contribution is 2.63. The van der Waals surface area contributed by atoms with Crippen LogP contribution in [0.1, 0.15) is 22.3 Å². The second-order valence-electron chi connectivity index (χ2n) is 13.6. The van der Waals surface area contributed by atoms with Crippen molar-refractivity contribution in [2.45, 2.75) is 25.0 Å². The maximum Gasteiger partial charge on any atom is 0.0751 e. The molecule has 1 unspecified atom stereocenters. The van der Waals surface area contributed by atoms with E-state index in [9.17, 15) is 0 Å². The quantitative estimate of drug-likeness (QED) is 0.181. The van der Waals surface area contributed by atoms with Crippen molar-refractivity contribution in [3.05, 3.63) is 210 Å². The molecule has 0 bridgehead atoms. The summed E-state index contributed by atoms with van der Waals surface area (Å²) in [6, 6.07) is 69.8. The first kappa shape index (κ1) is 29.9. The van der Waals surface area contributed by atoms with Gasteiger partial charge in [-0.05, 0) is 105 Å². The van der Waals surface area contributed by atoms with Gasteiger partial charge in [0.1, 0.15) is 0 Å². The van der Waals surface area contributed by atoms with Gasteiger partial charge in [-0.25, -0.2) is 0 Å². The zero-order chi connectivity index (χ0) is 34.2. The van der Waals surface area contributed by atoms with Gasteiger partial charge < -0.3 is 4.57 Å². The van der Waals surface area contributed by atoms with E-state index in [0.717, 1.165) is 0 Å². The Hall–Kier alpha value is -5.74. The minimum absolute atomic E-state index is 0.510. The lowest BCUT2D eigenvalue weighted by Gasteiger charge is -2.46. The summed E-state index contributed by atoms with van der Waals surface area (Å²) in [6.07, 6.45) is 0. The van der Waals surface area contributed by atoms with Crippen LogP contribution >= 0.6 is 23.5 Å². The first-order chi connectivity index (χ1) is 25.8. The highest BCUT2D eigenvalue weighted by Gasteiger charge is 2.50. The summed E-state index contributed by atoms with van der Waals surface area (Å²) in [5.74, 6) is 0. The van der Waals surface area contributed by atoms with Crippen molar-refractivity contribution < 1.29 is 0 Å². The maximum atomic E-state index is 2.51. The summed E-state index contributed by atoms with van der Waals surface area (Å²) in [6.45, 7) is 0. The van der Waals surface area contributed by atoms with Crippen LogP contribution in [0.3, 0.4) is 0 Å². The molecule has 1 nitrogen and oxygen atoms in total. The predicted molar refractivity (Wildman–Crippen MR) is 218 cm³/mol. The second-order valence-corrected chi connectivity index (χ2v) is 15.8. The summed E-state index contributed by atoms with van der Waals surface area (Å²) in [5, 5.41) is 2.53. The average molecular weight is 698 g/mol. The van der Waals surface area contributed by atoms with Gasteiger partial charge in [0, 0.05) is 36.0 Å². The summed E-state index contributed by atoms with van der Waals surface area (Å²) in [7, 11) is 0. The predicted octanol–water partition coefficient (Wildman–Crippen LogP) is 13.4. The van der Waals surface area contributed by atoms with Gasteiger partial charge in [0.25, 0.3) is 0 Å². The van der Waals surface area contributed by atoms with Crippen LogP contribution in [0.4, 0.5) is 0 Å². The molecule has 1 atom stereocenters. The van der Waals surface area contributed by atoms with Crippen LogP contribution in [0.5, 0.6) is 0 Å². The van der Waals surface area contributed by atoms with E-state index in [0.29, 0.717) is 0 Å². The first-order valence-electron chi connectivity index (χ1n) is 17.8. The lowest BCUT2D eigenvalue weighted by Crippen LogP contribution is -2.37. The SMILES string of the molecule is c1ccc(-c2cccc3c2C2(c4ccccc4Sc4ccc(-c5ccc6c(c5)c5ccccc5n6-c5ccccc5)cc42)c2ccccc2S3)cc1. The van der Waals surface area contributed by atoms with E-state index in [2.05, 4.69) is 193 Å². The van der Waals surface area contributed by atoms with Gasteiger partial charge in [-0.1, -0.05) is 151 Å². The van der Waals surface area contributed by atoms with E-state index in [4.69, 9.17) is 0 Å². The number of hydrogen-bond donors (Lipinski definition) is 0. The Bertz CT molecular complexity index is 2810. The fourth-order valence-corrected chi connectivity index (χ4v) is 11.2. The molecule has 0 N–H and O–H groups in total. The Labute approximate surface area is 311 Å². The molecular weight excluding hydrogens is 667 g/mol.